The largest absolute Gasteiger partial charge is 0.481 e. The van der Waals surface area contributed by atoms with Crippen LogP contribution in [-0.4, -0.2) is 41.8 Å². The van der Waals surface area contributed by atoms with Crippen LogP contribution in [0.4, 0.5) is 4.79 Å². The van der Waals surface area contributed by atoms with E-state index >= 15 is 0 Å². The molecule has 0 saturated heterocycles. The van der Waals surface area contributed by atoms with Gasteiger partial charge in [0.1, 0.15) is 12.6 Å². The van der Waals surface area contributed by atoms with Gasteiger partial charge in [-0.3, -0.25) is 9.59 Å². The van der Waals surface area contributed by atoms with Gasteiger partial charge in [0.05, 0.1) is 6.42 Å². The van der Waals surface area contributed by atoms with Gasteiger partial charge in [-0.05, 0) is 40.5 Å². The van der Waals surface area contributed by atoms with Gasteiger partial charge in [0.25, 0.3) is 0 Å². The quantitative estimate of drug-likeness (QED) is 0.476. The van der Waals surface area contributed by atoms with E-state index in [1.807, 2.05) is 64.1 Å². The number of ether oxygens (including phenoxy) is 1. The zero-order chi connectivity index (χ0) is 24.8. The minimum absolute atomic E-state index is 0.0609. The van der Waals surface area contributed by atoms with Crippen LogP contribution in [0.3, 0.4) is 0 Å². The Bertz CT molecular complexity index is 988. The van der Waals surface area contributed by atoms with Gasteiger partial charge in [-0.2, -0.15) is 0 Å². The van der Waals surface area contributed by atoms with Crippen molar-refractivity contribution in [3.05, 3.63) is 59.7 Å². The number of carbonyl (C=O) groups is 3. The Kier molecular flexibility index (Phi) is 8.31. The molecule has 3 N–H and O–H groups in total. The van der Waals surface area contributed by atoms with Crippen molar-refractivity contribution in [1.29, 1.82) is 0 Å². The van der Waals surface area contributed by atoms with Crippen molar-refractivity contribution in [2.45, 2.75) is 58.5 Å². The van der Waals surface area contributed by atoms with Crippen molar-refractivity contribution in [3.63, 3.8) is 0 Å². The summed E-state index contributed by atoms with van der Waals surface area (Å²) >= 11 is 0. The third kappa shape index (κ3) is 6.16. The average molecular weight is 467 g/mol. The predicted molar refractivity (Wildman–Crippen MR) is 130 cm³/mol. The molecule has 7 heteroatoms. The number of alkyl carbamates (subject to hydrolysis) is 1. The van der Waals surface area contributed by atoms with Gasteiger partial charge in [-0.1, -0.05) is 76.2 Å². The maximum absolute atomic E-state index is 12.9. The van der Waals surface area contributed by atoms with Crippen molar-refractivity contribution >= 4 is 18.0 Å². The molecule has 2 atom stereocenters. The molecule has 3 rings (SSSR count). The number of carboxylic acids is 1. The second-order valence-corrected chi connectivity index (χ2v) is 9.61. The van der Waals surface area contributed by atoms with Gasteiger partial charge in [-0.15, -0.1) is 0 Å². The maximum atomic E-state index is 12.9. The molecular weight excluding hydrogens is 432 g/mol. The summed E-state index contributed by atoms with van der Waals surface area (Å²) in [5.74, 6) is -1.38. The van der Waals surface area contributed by atoms with E-state index in [1.165, 1.54) is 0 Å². The maximum Gasteiger partial charge on any atom is 0.407 e. The molecular formula is C27H34N2O5. The first kappa shape index (κ1) is 25.3. The van der Waals surface area contributed by atoms with Gasteiger partial charge in [0.15, 0.2) is 0 Å². The van der Waals surface area contributed by atoms with Crippen LogP contribution in [0.15, 0.2) is 48.5 Å². The van der Waals surface area contributed by atoms with Crippen LogP contribution >= 0.6 is 0 Å². The monoisotopic (exact) mass is 466 g/mol. The lowest BCUT2D eigenvalue weighted by Crippen LogP contribution is -2.51. The van der Waals surface area contributed by atoms with E-state index < -0.39 is 30.1 Å². The summed E-state index contributed by atoms with van der Waals surface area (Å²) in [6.07, 6.45) is -0.432. The topological polar surface area (TPSA) is 105 Å². The number of nitrogens with one attached hydrogen (secondary N) is 2. The Balaban J connectivity index is 1.66. The van der Waals surface area contributed by atoms with Gasteiger partial charge in [-0.25, -0.2) is 4.79 Å². The van der Waals surface area contributed by atoms with Crippen LogP contribution in [0.2, 0.25) is 0 Å². The van der Waals surface area contributed by atoms with E-state index in [0.29, 0.717) is 6.42 Å². The summed E-state index contributed by atoms with van der Waals surface area (Å²) in [5.41, 5.74) is 4.51. The van der Waals surface area contributed by atoms with Crippen LogP contribution in [0.5, 0.6) is 0 Å². The lowest BCUT2D eigenvalue weighted by atomic mass is 9.98. The highest BCUT2D eigenvalue weighted by atomic mass is 16.5. The van der Waals surface area contributed by atoms with Crippen LogP contribution in [0, 0.1) is 11.8 Å². The number of hydrogen-bond donors (Lipinski definition) is 3. The summed E-state index contributed by atoms with van der Waals surface area (Å²) in [7, 11) is 0. The lowest BCUT2D eigenvalue weighted by Gasteiger charge is -2.26. The van der Waals surface area contributed by atoms with E-state index in [1.54, 1.807) is 0 Å². The second-order valence-electron chi connectivity index (χ2n) is 9.61. The fourth-order valence-electron chi connectivity index (χ4n) is 4.41. The number of rotatable bonds is 10. The van der Waals surface area contributed by atoms with Crippen LogP contribution in [0.25, 0.3) is 11.1 Å². The summed E-state index contributed by atoms with van der Waals surface area (Å²) in [6.45, 7) is 7.77. The molecule has 34 heavy (non-hydrogen) atoms. The highest BCUT2D eigenvalue weighted by Crippen LogP contribution is 2.44. The molecule has 2 amide bonds. The summed E-state index contributed by atoms with van der Waals surface area (Å²) in [6, 6.07) is 14.8. The van der Waals surface area contributed by atoms with Crippen LogP contribution in [-0.2, 0) is 14.3 Å². The predicted octanol–water partition coefficient (Wildman–Crippen LogP) is 4.56. The van der Waals surface area contributed by atoms with E-state index in [-0.39, 0.29) is 30.8 Å². The first-order chi connectivity index (χ1) is 16.2. The van der Waals surface area contributed by atoms with Gasteiger partial charge < -0.3 is 20.5 Å². The van der Waals surface area contributed by atoms with Crippen molar-refractivity contribution in [3.8, 4) is 11.1 Å². The summed E-state index contributed by atoms with van der Waals surface area (Å²) in [5, 5.41) is 14.6. The molecule has 1 unspecified atom stereocenters. The zero-order valence-electron chi connectivity index (χ0n) is 20.2. The standard InChI is InChI=1S/C27H34N2O5/c1-16(2)13-24(26(32)28-23(17(3)4)14-25(30)31)29-27(33)34-15-22-20-11-7-5-9-18(20)19-10-6-8-12-21(19)22/h5-12,16-17,22-24H,13-15H2,1-4H3,(H,28,32)(H,29,33)(H,30,31)/t23?,24-/m0/s1. The van der Waals surface area contributed by atoms with E-state index in [9.17, 15) is 14.4 Å². The Morgan fingerprint density at radius 3 is 1.97 bits per heavy atom. The average Bonchev–Trinajstić information content (AvgIpc) is 3.10. The number of hydrogen-bond acceptors (Lipinski definition) is 4. The molecule has 0 spiro atoms. The van der Waals surface area contributed by atoms with Crippen molar-refractivity contribution in [2.24, 2.45) is 11.8 Å². The Hall–Kier alpha value is -3.35. The lowest BCUT2D eigenvalue weighted by molar-refractivity contribution is -0.138. The molecule has 2 aromatic carbocycles. The van der Waals surface area contributed by atoms with Crippen LogP contribution in [0.1, 0.15) is 57.6 Å². The normalized spacial score (nSPS) is 14.3. The number of benzene rings is 2. The molecule has 0 fully saturated rings. The smallest absolute Gasteiger partial charge is 0.407 e. The molecule has 0 aliphatic heterocycles. The van der Waals surface area contributed by atoms with Gasteiger partial charge in [0, 0.05) is 12.0 Å². The molecule has 1 aliphatic carbocycles. The fraction of sp³-hybridized carbons (Fsp3) is 0.444. The molecule has 0 aromatic heterocycles. The van der Waals surface area contributed by atoms with Crippen LogP contribution < -0.4 is 10.6 Å². The second kappa shape index (κ2) is 11.2. The highest BCUT2D eigenvalue weighted by molar-refractivity contribution is 5.86. The number of aliphatic carboxylic acids is 1. The molecule has 0 bridgehead atoms. The highest BCUT2D eigenvalue weighted by Gasteiger charge is 2.30. The molecule has 0 saturated carbocycles. The molecule has 0 radical (unpaired) electrons. The molecule has 1 aliphatic rings. The zero-order valence-corrected chi connectivity index (χ0v) is 20.2. The Morgan fingerprint density at radius 1 is 0.912 bits per heavy atom. The first-order valence-electron chi connectivity index (χ1n) is 11.8. The summed E-state index contributed by atoms with van der Waals surface area (Å²) in [4.78, 5) is 36.8. The van der Waals surface area contributed by atoms with Crippen molar-refractivity contribution in [1.82, 2.24) is 10.6 Å². The summed E-state index contributed by atoms with van der Waals surface area (Å²) < 4.78 is 5.59. The SMILES string of the molecule is CC(C)C[C@H](NC(=O)OCC1c2ccccc2-c2ccccc21)C(=O)NC(CC(=O)O)C(C)C. The molecule has 0 heterocycles. The van der Waals surface area contributed by atoms with E-state index in [2.05, 4.69) is 22.8 Å². The fourth-order valence-corrected chi connectivity index (χ4v) is 4.41. The van der Waals surface area contributed by atoms with E-state index in [0.717, 1.165) is 22.3 Å². The van der Waals surface area contributed by atoms with Gasteiger partial charge >= 0.3 is 12.1 Å². The number of carboxylic acid groups (broad SMARTS) is 1. The third-order valence-corrected chi connectivity index (χ3v) is 6.19. The number of carbonyl (C=O) groups excluding carboxylic acids is 2. The minimum atomic E-state index is -0.982. The van der Waals surface area contributed by atoms with Gasteiger partial charge in [0.2, 0.25) is 5.91 Å². The molecule has 7 nitrogen and oxygen atoms in total. The van der Waals surface area contributed by atoms with Crippen molar-refractivity contribution in [2.75, 3.05) is 6.61 Å². The number of amides is 2. The third-order valence-electron chi connectivity index (χ3n) is 6.19. The first-order valence-corrected chi connectivity index (χ1v) is 11.8. The Labute approximate surface area is 200 Å². The molecule has 182 valence electrons. The Morgan fingerprint density at radius 2 is 1.47 bits per heavy atom. The minimum Gasteiger partial charge on any atom is -0.481 e. The number of fused-ring (bicyclic) bond motifs is 3. The van der Waals surface area contributed by atoms with Crippen molar-refractivity contribution < 1.29 is 24.2 Å². The molecule has 2 aromatic rings. The van der Waals surface area contributed by atoms with E-state index in [4.69, 9.17) is 9.84 Å².